The number of nitrogens with one attached hydrogen (secondary N) is 1. The van der Waals surface area contributed by atoms with Crippen LogP contribution in [0.15, 0.2) is 48.5 Å². The maximum atomic E-state index is 13.1. The molecular formula is C33H42N2O2. The van der Waals surface area contributed by atoms with Crippen LogP contribution in [0.1, 0.15) is 80.7 Å². The molecule has 4 nitrogen and oxygen atoms in total. The van der Waals surface area contributed by atoms with E-state index in [1.807, 2.05) is 0 Å². The maximum Gasteiger partial charge on any atom is 0.224 e. The minimum Gasteiger partial charge on any atom is -0.492 e. The Morgan fingerprint density at radius 3 is 2.32 bits per heavy atom. The van der Waals surface area contributed by atoms with E-state index in [0.29, 0.717) is 18.9 Å². The highest BCUT2D eigenvalue weighted by molar-refractivity contribution is 5.96. The van der Waals surface area contributed by atoms with E-state index in [1.165, 1.54) is 16.7 Å². The fourth-order valence-corrected chi connectivity index (χ4v) is 5.35. The number of amides is 1. The fraction of sp³-hybridized carbons (Fsp3) is 0.424. The molecular weight excluding hydrogens is 456 g/mol. The summed E-state index contributed by atoms with van der Waals surface area (Å²) in [6, 6.07) is 17.5. The summed E-state index contributed by atoms with van der Waals surface area (Å²) in [5, 5.41) is 3.30. The lowest BCUT2D eigenvalue weighted by Crippen LogP contribution is -2.21. The number of ether oxygens (including phenoxy) is 1. The minimum absolute atomic E-state index is 0.0448. The smallest absolute Gasteiger partial charge is 0.224 e. The van der Waals surface area contributed by atoms with Crippen LogP contribution in [0.5, 0.6) is 5.75 Å². The third kappa shape index (κ3) is 5.53. The van der Waals surface area contributed by atoms with Crippen molar-refractivity contribution in [3.63, 3.8) is 0 Å². The van der Waals surface area contributed by atoms with Crippen LogP contribution < -0.4 is 15.0 Å². The SMILES string of the molecule is Cc1c(NC(=O)CC(C)(C)C)c(C)c2c(c1-c1cccc(N(C)C)c1)OCC2c1ccc(C(C)C)cc1. The molecule has 0 fully saturated rings. The Kier molecular flexibility index (Phi) is 7.41. The predicted octanol–water partition coefficient (Wildman–Crippen LogP) is 8.06. The van der Waals surface area contributed by atoms with E-state index in [-0.39, 0.29) is 17.2 Å². The van der Waals surface area contributed by atoms with Gasteiger partial charge < -0.3 is 15.0 Å². The Labute approximate surface area is 223 Å². The highest BCUT2D eigenvalue weighted by Crippen LogP contribution is 2.51. The van der Waals surface area contributed by atoms with E-state index in [0.717, 1.165) is 39.4 Å². The summed E-state index contributed by atoms with van der Waals surface area (Å²) < 4.78 is 6.51. The van der Waals surface area contributed by atoms with Gasteiger partial charge in [-0.05, 0) is 65.1 Å². The molecule has 1 aliphatic heterocycles. The molecule has 0 aliphatic carbocycles. The summed E-state index contributed by atoms with van der Waals surface area (Å²) in [4.78, 5) is 15.2. The van der Waals surface area contributed by atoms with Gasteiger partial charge in [0.15, 0.2) is 0 Å². The van der Waals surface area contributed by atoms with E-state index >= 15 is 0 Å². The van der Waals surface area contributed by atoms with Crippen LogP contribution in [0.25, 0.3) is 11.1 Å². The largest absolute Gasteiger partial charge is 0.492 e. The summed E-state index contributed by atoms with van der Waals surface area (Å²) in [7, 11) is 4.11. The number of hydrogen-bond acceptors (Lipinski definition) is 3. The number of fused-ring (bicyclic) bond motifs is 1. The van der Waals surface area contributed by atoms with E-state index in [2.05, 4.69) is 121 Å². The van der Waals surface area contributed by atoms with Gasteiger partial charge in [-0.1, -0.05) is 71.0 Å². The maximum absolute atomic E-state index is 13.1. The Morgan fingerprint density at radius 1 is 1.05 bits per heavy atom. The highest BCUT2D eigenvalue weighted by Gasteiger charge is 2.34. The van der Waals surface area contributed by atoms with Crippen molar-refractivity contribution < 1.29 is 9.53 Å². The van der Waals surface area contributed by atoms with Gasteiger partial charge in [-0.25, -0.2) is 0 Å². The Bertz CT molecular complexity index is 1300. The van der Waals surface area contributed by atoms with Gasteiger partial charge in [-0.15, -0.1) is 0 Å². The average Bonchev–Trinajstić information content (AvgIpc) is 3.26. The van der Waals surface area contributed by atoms with Gasteiger partial charge in [0.2, 0.25) is 5.91 Å². The molecule has 196 valence electrons. The van der Waals surface area contributed by atoms with Crippen molar-refractivity contribution in [1.82, 2.24) is 0 Å². The lowest BCUT2D eigenvalue weighted by Gasteiger charge is -2.24. The van der Waals surface area contributed by atoms with Crippen LogP contribution in [-0.4, -0.2) is 26.6 Å². The molecule has 0 saturated carbocycles. The van der Waals surface area contributed by atoms with Crippen LogP contribution in [0, 0.1) is 19.3 Å². The Morgan fingerprint density at radius 2 is 1.73 bits per heavy atom. The average molecular weight is 499 g/mol. The molecule has 0 saturated heterocycles. The molecule has 3 aromatic rings. The first-order chi connectivity index (χ1) is 17.4. The molecule has 0 aromatic heterocycles. The second-order valence-corrected chi connectivity index (χ2v) is 12.2. The number of benzene rings is 3. The number of anilines is 2. The van der Waals surface area contributed by atoms with Crippen molar-refractivity contribution >= 4 is 17.3 Å². The van der Waals surface area contributed by atoms with E-state index < -0.39 is 0 Å². The molecule has 1 N–H and O–H groups in total. The molecule has 0 bridgehead atoms. The van der Waals surface area contributed by atoms with Gasteiger partial charge in [0.05, 0.1) is 6.61 Å². The zero-order valence-corrected chi connectivity index (χ0v) is 24.0. The van der Waals surface area contributed by atoms with E-state index in [4.69, 9.17) is 4.74 Å². The van der Waals surface area contributed by atoms with Crippen molar-refractivity contribution in [2.45, 2.75) is 66.7 Å². The number of hydrogen-bond donors (Lipinski definition) is 1. The van der Waals surface area contributed by atoms with Crippen molar-refractivity contribution in [2.75, 3.05) is 30.9 Å². The monoisotopic (exact) mass is 498 g/mol. The second kappa shape index (κ2) is 10.2. The molecule has 1 amide bonds. The molecule has 0 spiro atoms. The van der Waals surface area contributed by atoms with Crippen molar-refractivity contribution in [3.8, 4) is 16.9 Å². The number of carbonyl (C=O) groups is 1. The minimum atomic E-state index is -0.0880. The van der Waals surface area contributed by atoms with Gasteiger partial charge in [0.1, 0.15) is 5.75 Å². The van der Waals surface area contributed by atoms with Gasteiger partial charge >= 0.3 is 0 Å². The fourth-order valence-electron chi connectivity index (χ4n) is 5.35. The normalized spacial score (nSPS) is 14.9. The van der Waals surface area contributed by atoms with Crippen LogP contribution in [0.2, 0.25) is 0 Å². The summed E-state index contributed by atoms with van der Waals surface area (Å²) >= 11 is 0. The van der Waals surface area contributed by atoms with Gasteiger partial charge in [0.25, 0.3) is 0 Å². The number of carbonyl (C=O) groups excluding carboxylic acids is 1. The van der Waals surface area contributed by atoms with Gasteiger partial charge in [-0.2, -0.15) is 0 Å². The van der Waals surface area contributed by atoms with E-state index in [9.17, 15) is 4.79 Å². The lowest BCUT2D eigenvalue weighted by molar-refractivity contribution is -0.117. The van der Waals surface area contributed by atoms with Crippen LogP contribution in [0.3, 0.4) is 0 Å². The van der Waals surface area contributed by atoms with E-state index in [1.54, 1.807) is 0 Å². The van der Waals surface area contributed by atoms with Gasteiger partial charge in [0, 0.05) is 48.9 Å². The van der Waals surface area contributed by atoms with Crippen LogP contribution >= 0.6 is 0 Å². The first-order valence-electron chi connectivity index (χ1n) is 13.3. The van der Waals surface area contributed by atoms with Crippen molar-refractivity contribution in [2.24, 2.45) is 5.41 Å². The zero-order chi connectivity index (χ0) is 27.1. The van der Waals surface area contributed by atoms with Gasteiger partial charge in [-0.3, -0.25) is 4.79 Å². The molecule has 1 unspecified atom stereocenters. The summed E-state index contributed by atoms with van der Waals surface area (Å²) in [5.41, 5.74) is 10.0. The molecule has 0 radical (unpaired) electrons. The van der Waals surface area contributed by atoms with Crippen LogP contribution in [-0.2, 0) is 4.79 Å². The van der Waals surface area contributed by atoms with Crippen molar-refractivity contribution in [3.05, 3.63) is 76.3 Å². The molecule has 3 aromatic carbocycles. The standard InChI is InChI=1S/C33H42N2O2/c1-20(2)23-13-15-24(16-14-23)27-19-37-32-29(25-11-10-12-26(17-25)35(8)9)21(3)31(22(4)30(27)32)34-28(36)18-33(5,6)7/h10-17,20,27H,18-19H2,1-9H3,(H,34,36). The second-order valence-electron chi connectivity index (χ2n) is 12.2. The first-order valence-corrected chi connectivity index (χ1v) is 13.3. The first kappa shape index (κ1) is 26.8. The number of nitrogens with zero attached hydrogens (tertiary/aromatic N) is 1. The molecule has 4 heteroatoms. The highest BCUT2D eigenvalue weighted by atomic mass is 16.5. The lowest BCUT2D eigenvalue weighted by atomic mass is 9.84. The molecule has 1 heterocycles. The molecule has 1 aliphatic rings. The molecule has 37 heavy (non-hydrogen) atoms. The quantitative estimate of drug-likeness (QED) is 0.374. The topological polar surface area (TPSA) is 41.6 Å². The zero-order valence-electron chi connectivity index (χ0n) is 24.0. The summed E-state index contributed by atoms with van der Waals surface area (Å²) in [6.45, 7) is 15.5. The molecule has 4 rings (SSSR count). The summed E-state index contributed by atoms with van der Waals surface area (Å²) in [5.74, 6) is 1.60. The Hall–Kier alpha value is -3.27. The number of rotatable bonds is 6. The van der Waals surface area contributed by atoms with Crippen molar-refractivity contribution in [1.29, 1.82) is 0 Å². The summed E-state index contributed by atoms with van der Waals surface area (Å²) in [6.07, 6.45) is 0.463. The predicted molar refractivity (Wildman–Crippen MR) is 156 cm³/mol. The third-order valence-electron chi connectivity index (χ3n) is 7.36. The molecule has 1 atom stereocenters. The Balaban J connectivity index is 1.90. The third-order valence-corrected chi connectivity index (χ3v) is 7.36. The van der Waals surface area contributed by atoms with Crippen LogP contribution in [0.4, 0.5) is 11.4 Å².